The van der Waals surface area contributed by atoms with Gasteiger partial charge in [0.2, 0.25) is 0 Å². The molecule has 0 aromatic rings. The molecule has 3 heteroatoms. The molecule has 130 valence electrons. The number of allylic oxidation sites excluding steroid dienone is 1. The zero-order valence-electron chi connectivity index (χ0n) is 14.9. The van der Waals surface area contributed by atoms with Crippen LogP contribution in [-0.2, 0) is 4.79 Å². The molecule has 0 bridgehead atoms. The van der Waals surface area contributed by atoms with Crippen molar-refractivity contribution in [1.29, 1.82) is 0 Å². The third-order valence-electron chi connectivity index (χ3n) is 8.12. The van der Waals surface area contributed by atoms with Gasteiger partial charge in [0.1, 0.15) is 0 Å². The maximum absolute atomic E-state index is 12.2. The van der Waals surface area contributed by atoms with Gasteiger partial charge in [-0.15, -0.1) is 0 Å². The summed E-state index contributed by atoms with van der Waals surface area (Å²) in [5, 5.41) is 19.7. The lowest BCUT2D eigenvalue weighted by Crippen LogP contribution is -2.56. The van der Waals surface area contributed by atoms with E-state index in [1.807, 2.05) is 0 Å². The van der Waals surface area contributed by atoms with Crippen molar-refractivity contribution in [3.63, 3.8) is 0 Å². The van der Waals surface area contributed by atoms with Crippen molar-refractivity contribution < 1.29 is 15.0 Å². The lowest BCUT2D eigenvalue weighted by Gasteiger charge is -2.62. The zero-order valence-corrected chi connectivity index (χ0v) is 14.9. The Morgan fingerprint density at radius 1 is 1.22 bits per heavy atom. The summed E-state index contributed by atoms with van der Waals surface area (Å²) in [5.74, 6) is 1.36. The summed E-state index contributed by atoms with van der Waals surface area (Å²) in [5.41, 5.74) is 0.876. The molecular formula is C20H32O3. The Balaban J connectivity index is 1.89. The highest BCUT2D eigenvalue weighted by atomic mass is 16.3. The number of carbonyl (C=O) groups excluding carboxylic acids is 1. The second-order valence-corrected chi connectivity index (χ2v) is 9.21. The molecule has 0 heterocycles. The second-order valence-electron chi connectivity index (χ2n) is 9.21. The second kappa shape index (κ2) is 5.42. The van der Waals surface area contributed by atoms with Crippen LogP contribution >= 0.6 is 0 Å². The fourth-order valence-corrected chi connectivity index (χ4v) is 6.20. The summed E-state index contributed by atoms with van der Waals surface area (Å²) in [6.45, 7) is 10.8. The summed E-state index contributed by atoms with van der Waals surface area (Å²) in [6, 6.07) is 0. The normalized spacial score (nSPS) is 48.6. The molecule has 3 aliphatic carbocycles. The molecular weight excluding hydrogens is 288 g/mol. The van der Waals surface area contributed by atoms with Crippen LogP contribution < -0.4 is 0 Å². The Kier molecular flexibility index (Phi) is 4.04. The Morgan fingerprint density at radius 3 is 2.57 bits per heavy atom. The highest BCUT2D eigenvalue weighted by molar-refractivity contribution is 5.97. The molecule has 6 atom stereocenters. The Hall–Kier alpha value is -0.670. The van der Waals surface area contributed by atoms with E-state index < -0.39 is 6.10 Å². The Labute approximate surface area is 140 Å². The fourth-order valence-electron chi connectivity index (χ4n) is 6.20. The molecule has 3 nitrogen and oxygen atoms in total. The maximum Gasteiger partial charge on any atom is 0.158 e. The van der Waals surface area contributed by atoms with Crippen LogP contribution in [0.1, 0.15) is 65.7 Å². The van der Waals surface area contributed by atoms with Crippen LogP contribution in [-0.4, -0.2) is 28.7 Å². The minimum atomic E-state index is -0.622. The number of rotatable bonds is 2. The number of ketones is 1. The summed E-state index contributed by atoms with van der Waals surface area (Å²) >= 11 is 0. The number of hydrogen-bond acceptors (Lipinski definition) is 3. The van der Waals surface area contributed by atoms with Crippen LogP contribution in [0.3, 0.4) is 0 Å². The van der Waals surface area contributed by atoms with Gasteiger partial charge in [-0.1, -0.05) is 27.4 Å². The summed E-state index contributed by atoms with van der Waals surface area (Å²) in [7, 11) is 0. The first-order valence-corrected chi connectivity index (χ1v) is 9.19. The standard InChI is InChI=1S/C20H32O3/c1-13-15(22)5-6-16-19(13,3)8-7-14-11-18(2,17(23)12-21)9-10-20(14,16)4/h14,16-17,21,23H,1,5-12H2,2-4H3/t14-,16-,17?,18-,19+,20-/m0/s1. The van der Waals surface area contributed by atoms with Crippen molar-refractivity contribution in [2.24, 2.45) is 28.1 Å². The van der Waals surface area contributed by atoms with Crippen molar-refractivity contribution in [3.05, 3.63) is 12.2 Å². The largest absolute Gasteiger partial charge is 0.394 e. The van der Waals surface area contributed by atoms with E-state index in [1.165, 1.54) is 0 Å². The van der Waals surface area contributed by atoms with Crippen LogP contribution in [0.2, 0.25) is 0 Å². The average Bonchev–Trinajstić information content (AvgIpc) is 2.52. The van der Waals surface area contributed by atoms with E-state index in [4.69, 9.17) is 0 Å². The Bertz CT molecular complexity index is 527. The molecule has 0 spiro atoms. The van der Waals surface area contributed by atoms with Crippen LogP contribution in [0.15, 0.2) is 12.2 Å². The first-order chi connectivity index (χ1) is 10.7. The van der Waals surface area contributed by atoms with Gasteiger partial charge in [-0.3, -0.25) is 4.79 Å². The summed E-state index contributed by atoms with van der Waals surface area (Å²) < 4.78 is 0. The van der Waals surface area contributed by atoms with Gasteiger partial charge in [0, 0.05) is 6.42 Å². The van der Waals surface area contributed by atoms with E-state index in [1.54, 1.807) is 0 Å². The van der Waals surface area contributed by atoms with Crippen molar-refractivity contribution in [3.8, 4) is 0 Å². The van der Waals surface area contributed by atoms with E-state index in [0.29, 0.717) is 18.3 Å². The van der Waals surface area contributed by atoms with Crippen molar-refractivity contribution in [2.45, 2.75) is 71.8 Å². The molecule has 0 aliphatic heterocycles. The first kappa shape index (κ1) is 17.2. The molecule has 3 saturated carbocycles. The molecule has 1 unspecified atom stereocenters. The number of aliphatic hydroxyl groups is 2. The van der Waals surface area contributed by atoms with Crippen LogP contribution in [0.4, 0.5) is 0 Å². The topological polar surface area (TPSA) is 57.5 Å². The van der Waals surface area contributed by atoms with Crippen LogP contribution in [0.25, 0.3) is 0 Å². The molecule has 23 heavy (non-hydrogen) atoms. The van der Waals surface area contributed by atoms with Crippen molar-refractivity contribution in [2.75, 3.05) is 6.61 Å². The van der Waals surface area contributed by atoms with Crippen LogP contribution in [0.5, 0.6) is 0 Å². The fraction of sp³-hybridized carbons (Fsp3) is 0.850. The predicted octanol–water partition coefficient (Wildman–Crippen LogP) is 3.49. The lowest BCUT2D eigenvalue weighted by atomic mass is 9.42. The lowest BCUT2D eigenvalue weighted by molar-refractivity contribution is -0.144. The molecule has 0 aromatic heterocycles. The third kappa shape index (κ3) is 2.34. The molecule has 3 fully saturated rings. The molecule has 2 N–H and O–H groups in total. The predicted molar refractivity (Wildman–Crippen MR) is 90.9 cm³/mol. The molecule has 0 saturated heterocycles. The smallest absolute Gasteiger partial charge is 0.158 e. The number of aliphatic hydroxyl groups excluding tert-OH is 2. The minimum absolute atomic E-state index is 0.0378. The highest BCUT2D eigenvalue weighted by Gasteiger charge is 2.59. The van der Waals surface area contributed by atoms with Crippen molar-refractivity contribution >= 4 is 5.78 Å². The average molecular weight is 320 g/mol. The monoisotopic (exact) mass is 320 g/mol. The van der Waals surface area contributed by atoms with Gasteiger partial charge in [0.25, 0.3) is 0 Å². The number of carbonyl (C=O) groups is 1. The summed E-state index contributed by atoms with van der Waals surface area (Å²) in [4.78, 5) is 12.2. The number of fused-ring (bicyclic) bond motifs is 3. The van der Waals surface area contributed by atoms with E-state index in [0.717, 1.165) is 44.1 Å². The maximum atomic E-state index is 12.2. The van der Waals surface area contributed by atoms with E-state index in [9.17, 15) is 15.0 Å². The zero-order chi connectivity index (χ0) is 17.0. The number of hydrogen-bond donors (Lipinski definition) is 2. The van der Waals surface area contributed by atoms with Gasteiger partial charge in [-0.2, -0.15) is 0 Å². The van der Waals surface area contributed by atoms with Crippen LogP contribution in [0, 0.1) is 28.1 Å². The van der Waals surface area contributed by atoms with Gasteiger partial charge in [-0.25, -0.2) is 0 Å². The number of Topliss-reactive ketones (excluding diaryl/α,β-unsaturated/α-hetero) is 1. The van der Waals surface area contributed by atoms with Crippen molar-refractivity contribution in [1.82, 2.24) is 0 Å². The van der Waals surface area contributed by atoms with Gasteiger partial charge in [-0.05, 0) is 72.2 Å². The van der Waals surface area contributed by atoms with Gasteiger partial charge >= 0.3 is 0 Å². The first-order valence-electron chi connectivity index (χ1n) is 9.19. The molecule has 0 aromatic carbocycles. The van der Waals surface area contributed by atoms with E-state index in [-0.39, 0.29) is 28.6 Å². The van der Waals surface area contributed by atoms with E-state index >= 15 is 0 Å². The molecule has 3 aliphatic rings. The highest BCUT2D eigenvalue weighted by Crippen LogP contribution is 2.66. The quantitative estimate of drug-likeness (QED) is 0.766. The van der Waals surface area contributed by atoms with E-state index in [2.05, 4.69) is 27.4 Å². The molecule has 0 radical (unpaired) electrons. The van der Waals surface area contributed by atoms with Gasteiger partial charge < -0.3 is 10.2 Å². The third-order valence-corrected chi connectivity index (χ3v) is 8.12. The Morgan fingerprint density at radius 2 is 1.91 bits per heavy atom. The summed E-state index contributed by atoms with van der Waals surface area (Å²) in [6.07, 6.45) is 6.17. The molecule has 0 amide bonds. The minimum Gasteiger partial charge on any atom is -0.394 e. The molecule has 3 rings (SSSR count). The van der Waals surface area contributed by atoms with Gasteiger partial charge in [0.05, 0.1) is 12.7 Å². The van der Waals surface area contributed by atoms with Gasteiger partial charge in [0.15, 0.2) is 5.78 Å². The SMILES string of the molecule is C=C1C(=O)CC[C@@H]2[C@@]3(C)CC[C@](C)(C(O)CO)C[C@@H]3CC[C@]12C.